The summed E-state index contributed by atoms with van der Waals surface area (Å²) in [5, 5.41) is 3.85. The van der Waals surface area contributed by atoms with Crippen LogP contribution in [-0.2, 0) is 6.42 Å². The molecule has 1 aromatic rings. The highest BCUT2D eigenvalue weighted by molar-refractivity contribution is 7.99. The molecule has 2 heterocycles. The first-order valence-corrected chi connectivity index (χ1v) is 8.61. The van der Waals surface area contributed by atoms with Gasteiger partial charge in [-0.05, 0) is 42.2 Å². The van der Waals surface area contributed by atoms with Gasteiger partial charge in [0, 0.05) is 24.3 Å². The zero-order valence-electron chi connectivity index (χ0n) is 11.7. The maximum Gasteiger partial charge on any atom is 0.122 e. The molecule has 0 radical (unpaired) electrons. The van der Waals surface area contributed by atoms with Crippen molar-refractivity contribution in [1.82, 2.24) is 5.32 Å². The summed E-state index contributed by atoms with van der Waals surface area (Å²) in [6.07, 6.45) is 4.91. The van der Waals surface area contributed by atoms with E-state index in [4.69, 9.17) is 4.74 Å². The van der Waals surface area contributed by atoms with Crippen LogP contribution in [0.3, 0.4) is 0 Å². The van der Waals surface area contributed by atoms with Crippen molar-refractivity contribution in [2.24, 2.45) is 0 Å². The van der Waals surface area contributed by atoms with Crippen LogP contribution in [0.5, 0.6) is 5.75 Å². The molecule has 0 bridgehead atoms. The third-order valence-electron chi connectivity index (χ3n) is 4.12. The van der Waals surface area contributed by atoms with Crippen LogP contribution in [0.4, 0.5) is 0 Å². The summed E-state index contributed by atoms with van der Waals surface area (Å²) >= 11 is 2.09. The Labute approximate surface area is 120 Å². The van der Waals surface area contributed by atoms with Gasteiger partial charge in [-0.2, -0.15) is 11.8 Å². The minimum absolute atomic E-state index is 0.495. The second-order valence-corrected chi connectivity index (χ2v) is 6.66. The number of hydrogen-bond acceptors (Lipinski definition) is 3. The van der Waals surface area contributed by atoms with Crippen LogP contribution in [0.25, 0.3) is 0 Å². The van der Waals surface area contributed by atoms with Crippen LogP contribution < -0.4 is 10.1 Å². The molecule has 1 fully saturated rings. The van der Waals surface area contributed by atoms with Crippen LogP contribution in [0.15, 0.2) is 18.2 Å². The molecule has 3 rings (SSSR count). The number of nitrogens with one attached hydrogen (secondary N) is 1. The van der Waals surface area contributed by atoms with Crippen LogP contribution >= 0.6 is 11.8 Å². The average Bonchev–Trinajstić information content (AvgIpc) is 2.93. The van der Waals surface area contributed by atoms with Gasteiger partial charge < -0.3 is 10.1 Å². The summed E-state index contributed by atoms with van der Waals surface area (Å²) in [5.41, 5.74) is 2.82. The molecule has 0 aliphatic carbocycles. The number of hydrogen-bond donors (Lipinski definition) is 1. The molecule has 0 spiro atoms. The van der Waals surface area contributed by atoms with E-state index in [0.717, 1.165) is 25.2 Å². The van der Waals surface area contributed by atoms with Gasteiger partial charge in [-0.25, -0.2) is 0 Å². The molecule has 2 atom stereocenters. The van der Waals surface area contributed by atoms with Gasteiger partial charge in [-0.15, -0.1) is 0 Å². The van der Waals surface area contributed by atoms with E-state index in [9.17, 15) is 0 Å². The number of rotatable bonds is 4. The smallest absolute Gasteiger partial charge is 0.122 e. The Bertz CT molecular complexity index is 429. The minimum atomic E-state index is 0.495. The fraction of sp³-hybridized carbons (Fsp3) is 0.625. The molecule has 1 aromatic carbocycles. The topological polar surface area (TPSA) is 21.3 Å². The first-order valence-electron chi connectivity index (χ1n) is 7.46. The molecule has 0 aromatic heterocycles. The molecule has 0 saturated carbocycles. The maximum atomic E-state index is 5.59. The van der Waals surface area contributed by atoms with Crippen molar-refractivity contribution in [3.05, 3.63) is 29.3 Å². The van der Waals surface area contributed by atoms with Crippen molar-refractivity contribution in [2.45, 2.75) is 44.7 Å². The standard InChI is InChI=1S/C16H23NOS/c1-2-15(17-14-4-3-9-19-11-14)12-5-6-16-13(10-12)7-8-18-16/h5-6,10,14-15,17H,2-4,7-9,11H2,1H3. The zero-order chi connectivity index (χ0) is 13.1. The van der Waals surface area contributed by atoms with Crippen molar-refractivity contribution >= 4 is 11.8 Å². The summed E-state index contributed by atoms with van der Waals surface area (Å²) in [6, 6.07) is 7.92. The lowest BCUT2D eigenvalue weighted by atomic mass is 9.99. The van der Waals surface area contributed by atoms with Gasteiger partial charge in [0.2, 0.25) is 0 Å². The summed E-state index contributed by atoms with van der Waals surface area (Å²) in [6.45, 7) is 3.12. The molecule has 19 heavy (non-hydrogen) atoms. The van der Waals surface area contributed by atoms with E-state index in [-0.39, 0.29) is 0 Å². The molecule has 2 nitrogen and oxygen atoms in total. The molecule has 1 saturated heterocycles. The van der Waals surface area contributed by atoms with Gasteiger partial charge in [-0.1, -0.05) is 19.1 Å². The molecular weight excluding hydrogens is 254 g/mol. The lowest BCUT2D eigenvalue weighted by Crippen LogP contribution is -2.36. The van der Waals surface area contributed by atoms with Gasteiger partial charge in [0.1, 0.15) is 5.75 Å². The third-order valence-corrected chi connectivity index (χ3v) is 5.34. The summed E-state index contributed by atoms with van der Waals surface area (Å²) in [7, 11) is 0. The van der Waals surface area contributed by atoms with E-state index in [0.29, 0.717) is 12.1 Å². The van der Waals surface area contributed by atoms with Crippen molar-refractivity contribution in [1.29, 1.82) is 0 Å². The number of benzene rings is 1. The monoisotopic (exact) mass is 277 g/mol. The van der Waals surface area contributed by atoms with Gasteiger partial charge in [0.05, 0.1) is 6.61 Å². The molecule has 2 aliphatic rings. The van der Waals surface area contributed by atoms with Crippen molar-refractivity contribution in [3.63, 3.8) is 0 Å². The first kappa shape index (κ1) is 13.3. The summed E-state index contributed by atoms with van der Waals surface area (Å²) in [5.74, 6) is 3.70. The fourth-order valence-corrected chi connectivity index (χ4v) is 4.11. The van der Waals surface area contributed by atoms with Crippen LogP contribution in [0, 0.1) is 0 Å². The average molecular weight is 277 g/mol. The highest BCUT2D eigenvalue weighted by atomic mass is 32.2. The minimum Gasteiger partial charge on any atom is -0.493 e. The summed E-state index contributed by atoms with van der Waals surface area (Å²) in [4.78, 5) is 0. The zero-order valence-corrected chi connectivity index (χ0v) is 12.5. The summed E-state index contributed by atoms with van der Waals surface area (Å²) < 4.78 is 5.59. The van der Waals surface area contributed by atoms with E-state index < -0.39 is 0 Å². The second kappa shape index (κ2) is 6.19. The Hall–Kier alpha value is -0.670. The Morgan fingerprint density at radius 3 is 3.21 bits per heavy atom. The van der Waals surface area contributed by atoms with Crippen molar-refractivity contribution in [2.75, 3.05) is 18.1 Å². The van der Waals surface area contributed by atoms with Crippen LogP contribution in [-0.4, -0.2) is 24.2 Å². The number of fused-ring (bicyclic) bond motifs is 1. The van der Waals surface area contributed by atoms with Gasteiger partial charge in [0.25, 0.3) is 0 Å². The SMILES string of the molecule is CCC(NC1CCCSC1)c1ccc2c(c1)CCO2. The molecule has 3 heteroatoms. The Morgan fingerprint density at radius 2 is 2.42 bits per heavy atom. The number of thioether (sulfide) groups is 1. The molecule has 1 N–H and O–H groups in total. The van der Waals surface area contributed by atoms with Gasteiger partial charge >= 0.3 is 0 Å². The van der Waals surface area contributed by atoms with E-state index in [2.05, 4.69) is 42.2 Å². The van der Waals surface area contributed by atoms with Crippen molar-refractivity contribution in [3.8, 4) is 5.75 Å². The molecule has 2 unspecified atom stereocenters. The second-order valence-electron chi connectivity index (χ2n) is 5.51. The predicted molar refractivity (Wildman–Crippen MR) is 82.2 cm³/mol. The number of ether oxygens (including phenoxy) is 1. The molecule has 104 valence electrons. The predicted octanol–water partition coefficient (Wildman–Crippen LogP) is 3.56. The highest BCUT2D eigenvalue weighted by Gasteiger charge is 2.20. The lowest BCUT2D eigenvalue weighted by Gasteiger charge is -2.28. The lowest BCUT2D eigenvalue weighted by molar-refractivity contribution is 0.356. The highest BCUT2D eigenvalue weighted by Crippen LogP contribution is 2.30. The first-order chi connectivity index (χ1) is 9.36. The van der Waals surface area contributed by atoms with Gasteiger partial charge in [-0.3, -0.25) is 0 Å². The molecule has 0 amide bonds. The Morgan fingerprint density at radius 1 is 1.47 bits per heavy atom. The maximum absolute atomic E-state index is 5.59. The molecular formula is C16H23NOS. The molecule has 2 aliphatic heterocycles. The van der Waals surface area contributed by atoms with Crippen molar-refractivity contribution < 1.29 is 4.74 Å². The Balaban J connectivity index is 1.70. The van der Waals surface area contributed by atoms with E-state index in [1.807, 2.05) is 0 Å². The quantitative estimate of drug-likeness (QED) is 0.909. The van der Waals surface area contributed by atoms with E-state index in [1.54, 1.807) is 0 Å². The fourth-order valence-electron chi connectivity index (χ4n) is 3.03. The van der Waals surface area contributed by atoms with Gasteiger partial charge in [0.15, 0.2) is 0 Å². The van der Waals surface area contributed by atoms with Crippen LogP contribution in [0.1, 0.15) is 43.4 Å². The normalized spacial score (nSPS) is 23.7. The largest absolute Gasteiger partial charge is 0.493 e. The Kier molecular flexibility index (Phi) is 4.34. The van der Waals surface area contributed by atoms with Crippen LogP contribution in [0.2, 0.25) is 0 Å². The van der Waals surface area contributed by atoms with E-state index in [1.165, 1.54) is 35.5 Å². The van der Waals surface area contributed by atoms with E-state index >= 15 is 0 Å². The third kappa shape index (κ3) is 3.09.